The minimum absolute atomic E-state index is 0. The van der Waals surface area contributed by atoms with Crippen molar-refractivity contribution >= 4 is 18.2 Å². The highest BCUT2D eigenvalue weighted by molar-refractivity contribution is 5.94. The van der Waals surface area contributed by atoms with Crippen molar-refractivity contribution in [3.05, 3.63) is 0 Å². The van der Waals surface area contributed by atoms with Gasteiger partial charge < -0.3 is 10.2 Å². The van der Waals surface area contributed by atoms with Crippen LogP contribution in [0.4, 0.5) is 0 Å². The number of likely N-dealkylation sites (N-methyl/N-ethyl adjacent to an activating group) is 1. The molecule has 0 radical (unpaired) electrons. The van der Waals surface area contributed by atoms with Gasteiger partial charge in [0.2, 0.25) is 0 Å². The lowest BCUT2D eigenvalue weighted by molar-refractivity contribution is -0.130. The van der Waals surface area contributed by atoms with Gasteiger partial charge in [-0.15, -0.1) is 12.4 Å². The Morgan fingerprint density at radius 3 is 2.30 bits per heavy atom. The summed E-state index contributed by atoms with van der Waals surface area (Å²) in [5.41, 5.74) is 0.0709. The van der Waals surface area contributed by atoms with Gasteiger partial charge in [-0.2, -0.15) is 0 Å². The van der Waals surface area contributed by atoms with E-state index >= 15 is 0 Å². The highest BCUT2D eigenvalue weighted by atomic mass is 35.5. The molecule has 118 valence electrons. The van der Waals surface area contributed by atoms with Crippen molar-refractivity contribution in [1.29, 1.82) is 0 Å². The first-order valence-electron chi connectivity index (χ1n) is 7.88. The number of halogens is 1. The number of nitrogens with one attached hydrogen (secondary N) is 1. The average Bonchev–Trinajstić information content (AvgIpc) is 2.68. The Labute approximate surface area is 130 Å². The fraction of sp³-hybridized carbons (Fsp3) is 0.938. The summed E-state index contributed by atoms with van der Waals surface area (Å²) in [6.07, 6.45) is 2.29. The smallest absolute Gasteiger partial charge is 0.156 e. The molecule has 0 heterocycles. The largest absolute Gasteiger partial charge is 0.306 e. The fourth-order valence-electron chi connectivity index (χ4n) is 4.24. The molecule has 2 fully saturated rings. The topological polar surface area (TPSA) is 32.3 Å². The first kappa shape index (κ1) is 17.9. The number of carbonyl (C=O) groups is 1. The van der Waals surface area contributed by atoms with Crippen LogP contribution in [0.1, 0.15) is 47.5 Å². The Kier molecular flexibility index (Phi) is 5.67. The zero-order valence-electron chi connectivity index (χ0n) is 13.7. The van der Waals surface area contributed by atoms with Crippen LogP contribution in [-0.4, -0.2) is 42.9 Å². The predicted octanol–water partition coefficient (Wildman–Crippen LogP) is 2.73. The second-order valence-corrected chi connectivity index (χ2v) is 7.02. The average molecular weight is 303 g/mol. The van der Waals surface area contributed by atoms with Crippen molar-refractivity contribution < 1.29 is 4.79 Å². The first-order valence-corrected chi connectivity index (χ1v) is 7.88. The third-order valence-electron chi connectivity index (χ3n) is 6.22. The molecule has 0 aromatic rings. The van der Waals surface area contributed by atoms with Gasteiger partial charge in [-0.25, -0.2) is 0 Å². The molecule has 0 aromatic carbocycles. The normalized spacial score (nSPS) is 34.6. The monoisotopic (exact) mass is 302 g/mol. The van der Waals surface area contributed by atoms with Crippen LogP contribution >= 0.6 is 12.4 Å². The Hall–Kier alpha value is -0.120. The molecule has 2 aliphatic carbocycles. The molecule has 2 rings (SSSR count). The van der Waals surface area contributed by atoms with Crippen molar-refractivity contribution in [2.24, 2.45) is 16.7 Å². The van der Waals surface area contributed by atoms with Crippen LogP contribution in [-0.2, 0) is 4.79 Å². The molecule has 2 bridgehead atoms. The van der Waals surface area contributed by atoms with Crippen LogP contribution in [0.25, 0.3) is 0 Å². The third kappa shape index (κ3) is 2.53. The maximum absolute atomic E-state index is 12.6. The zero-order valence-corrected chi connectivity index (χ0v) is 14.5. The van der Waals surface area contributed by atoms with Crippen LogP contribution in [0.15, 0.2) is 0 Å². The number of carbonyl (C=O) groups excluding carboxylic acids is 1. The molecule has 0 spiro atoms. The minimum Gasteiger partial charge on any atom is -0.306 e. The van der Waals surface area contributed by atoms with E-state index < -0.39 is 0 Å². The summed E-state index contributed by atoms with van der Waals surface area (Å²) >= 11 is 0. The summed E-state index contributed by atoms with van der Waals surface area (Å²) in [6, 6.07) is 0.101. The lowest BCUT2D eigenvalue weighted by atomic mass is 9.70. The molecular formula is C16H31ClN2O. The van der Waals surface area contributed by atoms with E-state index in [0.717, 1.165) is 32.6 Å². The molecule has 3 atom stereocenters. The minimum atomic E-state index is -0.0927. The van der Waals surface area contributed by atoms with Crippen molar-refractivity contribution in [3.8, 4) is 0 Å². The Morgan fingerprint density at radius 2 is 1.85 bits per heavy atom. The van der Waals surface area contributed by atoms with Crippen molar-refractivity contribution in [2.75, 3.05) is 26.2 Å². The lowest BCUT2D eigenvalue weighted by Gasteiger charge is -2.32. The summed E-state index contributed by atoms with van der Waals surface area (Å²) in [5.74, 6) is 0.995. The molecular weight excluding hydrogens is 272 g/mol. The second kappa shape index (κ2) is 6.33. The first-order chi connectivity index (χ1) is 8.88. The number of fused-ring (bicyclic) bond motifs is 2. The molecule has 20 heavy (non-hydrogen) atoms. The van der Waals surface area contributed by atoms with Crippen LogP contribution < -0.4 is 5.32 Å². The van der Waals surface area contributed by atoms with Crippen molar-refractivity contribution in [3.63, 3.8) is 0 Å². The van der Waals surface area contributed by atoms with Gasteiger partial charge in [0.1, 0.15) is 0 Å². The highest BCUT2D eigenvalue weighted by Gasteiger charge is 2.65. The quantitative estimate of drug-likeness (QED) is 0.819. The summed E-state index contributed by atoms with van der Waals surface area (Å²) < 4.78 is 0. The lowest BCUT2D eigenvalue weighted by Crippen LogP contribution is -2.46. The summed E-state index contributed by atoms with van der Waals surface area (Å²) in [4.78, 5) is 15.0. The summed E-state index contributed by atoms with van der Waals surface area (Å²) in [5, 5.41) is 3.55. The summed E-state index contributed by atoms with van der Waals surface area (Å²) in [6.45, 7) is 15.3. The third-order valence-corrected chi connectivity index (χ3v) is 6.22. The van der Waals surface area contributed by atoms with E-state index in [0.29, 0.717) is 11.7 Å². The van der Waals surface area contributed by atoms with E-state index in [4.69, 9.17) is 0 Å². The second-order valence-electron chi connectivity index (χ2n) is 7.02. The number of Topliss-reactive ketones (excluding diaryl/α,β-unsaturated/α-hetero) is 1. The van der Waals surface area contributed by atoms with Gasteiger partial charge in [0.05, 0.1) is 6.04 Å². The molecule has 3 nitrogen and oxygen atoms in total. The zero-order chi connectivity index (χ0) is 14.3. The Morgan fingerprint density at radius 1 is 1.25 bits per heavy atom. The Balaban J connectivity index is 0.00000200. The molecule has 2 aliphatic rings. The molecule has 1 N–H and O–H groups in total. The van der Waals surface area contributed by atoms with E-state index in [9.17, 15) is 4.79 Å². The van der Waals surface area contributed by atoms with Gasteiger partial charge >= 0.3 is 0 Å². The van der Waals surface area contributed by atoms with Crippen LogP contribution in [0.2, 0.25) is 0 Å². The van der Waals surface area contributed by atoms with Gasteiger partial charge in [-0.1, -0.05) is 34.6 Å². The van der Waals surface area contributed by atoms with E-state index in [1.165, 1.54) is 6.42 Å². The van der Waals surface area contributed by atoms with Gasteiger partial charge in [0, 0.05) is 18.5 Å². The number of nitrogens with zero attached hydrogens (tertiary/aromatic N) is 1. The number of rotatable bonds is 6. The van der Waals surface area contributed by atoms with Gasteiger partial charge in [0.25, 0.3) is 0 Å². The van der Waals surface area contributed by atoms with Crippen molar-refractivity contribution in [2.45, 2.75) is 53.5 Å². The predicted molar refractivity (Wildman–Crippen MR) is 86.4 cm³/mol. The van der Waals surface area contributed by atoms with Crippen LogP contribution in [0.5, 0.6) is 0 Å². The maximum Gasteiger partial charge on any atom is 0.156 e. The highest BCUT2D eigenvalue weighted by Crippen LogP contribution is 2.63. The number of hydrogen-bond acceptors (Lipinski definition) is 3. The van der Waals surface area contributed by atoms with E-state index in [1.807, 2.05) is 0 Å². The number of hydrogen-bond donors (Lipinski definition) is 1. The standard InChI is InChI=1S/C16H30N2O.ClH/c1-6-18(7-2)11-10-17-13-12-8-9-16(5,14(13)19)15(12,3)4;/h12-13,17H,6-11H2,1-5H3;1H. The fourth-order valence-corrected chi connectivity index (χ4v) is 4.24. The van der Waals surface area contributed by atoms with Crippen molar-refractivity contribution in [1.82, 2.24) is 10.2 Å². The van der Waals surface area contributed by atoms with E-state index in [-0.39, 0.29) is 29.3 Å². The van der Waals surface area contributed by atoms with E-state index in [2.05, 4.69) is 44.8 Å². The molecule has 0 saturated heterocycles. The van der Waals surface area contributed by atoms with Crippen LogP contribution in [0, 0.1) is 16.7 Å². The van der Waals surface area contributed by atoms with Gasteiger partial charge in [-0.05, 0) is 37.3 Å². The van der Waals surface area contributed by atoms with Gasteiger partial charge in [-0.3, -0.25) is 4.79 Å². The molecule has 2 saturated carbocycles. The summed E-state index contributed by atoms with van der Waals surface area (Å²) in [7, 11) is 0. The van der Waals surface area contributed by atoms with E-state index in [1.54, 1.807) is 0 Å². The Bertz CT molecular complexity index is 354. The molecule has 0 amide bonds. The SMILES string of the molecule is CCN(CC)CCNC1C(=O)C2(C)CCC1C2(C)C.Cl. The number of ketones is 1. The van der Waals surface area contributed by atoms with Crippen LogP contribution in [0.3, 0.4) is 0 Å². The maximum atomic E-state index is 12.6. The molecule has 0 aromatic heterocycles. The molecule has 0 aliphatic heterocycles. The molecule has 4 heteroatoms. The van der Waals surface area contributed by atoms with Gasteiger partial charge in [0.15, 0.2) is 5.78 Å². The molecule has 3 unspecified atom stereocenters.